The topological polar surface area (TPSA) is 23.5 Å². The molecule has 0 saturated carbocycles. The molecule has 1 N–H and O–H groups in total. The van der Waals surface area contributed by atoms with Gasteiger partial charge in [-0.05, 0) is 30.3 Å². The lowest BCUT2D eigenvalue weighted by atomic mass is 9.83. The molecule has 0 heterocycles. The van der Waals surface area contributed by atoms with Crippen LogP contribution in [0.1, 0.15) is 18.1 Å². The summed E-state index contributed by atoms with van der Waals surface area (Å²) in [5, 5.41) is 9.81. The van der Waals surface area contributed by atoms with Gasteiger partial charge in [0, 0.05) is 18.5 Å². The van der Waals surface area contributed by atoms with Crippen molar-refractivity contribution in [2.45, 2.75) is 18.9 Å². The van der Waals surface area contributed by atoms with Crippen molar-refractivity contribution in [1.82, 2.24) is 4.90 Å². The Bertz CT molecular complexity index is 555. The van der Waals surface area contributed by atoms with Gasteiger partial charge >= 0.3 is 0 Å². The predicted molar refractivity (Wildman–Crippen MR) is 83.6 cm³/mol. The van der Waals surface area contributed by atoms with Crippen molar-refractivity contribution in [3.8, 4) is 0 Å². The van der Waals surface area contributed by atoms with E-state index in [2.05, 4.69) is 11.8 Å². The van der Waals surface area contributed by atoms with Crippen LogP contribution in [0.5, 0.6) is 0 Å². The maximum absolute atomic E-state index is 12.9. The van der Waals surface area contributed by atoms with E-state index in [1.807, 2.05) is 37.4 Å². The van der Waals surface area contributed by atoms with Gasteiger partial charge in [0.1, 0.15) is 5.82 Å². The molecule has 2 aromatic carbocycles. The SMILES string of the molecule is CN(Cc1ccc(F)cc1)CC(C)(CO)c1ccccc1. The number of rotatable bonds is 6. The molecule has 0 fully saturated rings. The fourth-order valence-electron chi connectivity index (χ4n) is 2.63. The molecule has 112 valence electrons. The highest BCUT2D eigenvalue weighted by Gasteiger charge is 2.27. The third-order valence-electron chi connectivity index (χ3n) is 3.80. The minimum atomic E-state index is -0.309. The Morgan fingerprint density at radius 3 is 2.24 bits per heavy atom. The minimum Gasteiger partial charge on any atom is -0.395 e. The summed E-state index contributed by atoms with van der Waals surface area (Å²) in [6.07, 6.45) is 0. The zero-order chi connectivity index (χ0) is 15.3. The van der Waals surface area contributed by atoms with E-state index in [9.17, 15) is 9.50 Å². The first-order valence-electron chi connectivity index (χ1n) is 7.13. The second-order valence-corrected chi connectivity index (χ2v) is 5.88. The first kappa shape index (κ1) is 15.7. The fourth-order valence-corrected chi connectivity index (χ4v) is 2.63. The molecule has 0 spiro atoms. The molecule has 0 saturated heterocycles. The summed E-state index contributed by atoms with van der Waals surface area (Å²) in [6.45, 7) is 3.60. The Kier molecular flexibility index (Phi) is 5.10. The molecule has 0 aliphatic rings. The lowest BCUT2D eigenvalue weighted by Gasteiger charge is -2.32. The molecule has 1 unspecified atom stereocenters. The smallest absolute Gasteiger partial charge is 0.123 e. The Morgan fingerprint density at radius 1 is 1.05 bits per heavy atom. The van der Waals surface area contributed by atoms with E-state index in [4.69, 9.17) is 0 Å². The molecule has 0 aliphatic carbocycles. The number of aliphatic hydroxyl groups excluding tert-OH is 1. The summed E-state index contributed by atoms with van der Waals surface area (Å²) in [5.41, 5.74) is 1.88. The lowest BCUT2D eigenvalue weighted by molar-refractivity contribution is 0.156. The second-order valence-electron chi connectivity index (χ2n) is 5.88. The maximum atomic E-state index is 12.9. The number of nitrogens with zero attached hydrogens (tertiary/aromatic N) is 1. The van der Waals surface area contributed by atoms with Crippen molar-refractivity contribution in [2.24, 2.45) is 0 Å². The van der Waals surface area contributed by atoms with Crippen LogP contribution in [0.3, 0.4) is 0 Å². The number of aliphatic hydroxyl groups is 1. The molecule has 0 aliphatic heterocycles. The van der Waals surface area contributed by atoms with Crippen LogP contribution in [-0.2, 0) is 12.0 Å². The summed E-state index contributed by atoms with van der Waals surface area (Å²) < 4.78 is 12.9. The van der Waals surface area contributed by atoms with Crippen molar-refractivity contribution in [3.05, 3.63) is 71.5 Å². The van der Waals surface area contributed by atoms with Crippen LogP contribution >= 0.6 is 0 Å². The van der Waals surface area contributed by atoms with Crippen LogP contribution in [0.4, 0.5) is 4.39 Å². The average Bonchev–Trinajstić information content (AvgIpc) is 2.50. The summed E-state index contributed by atoms with van der Waals surface area (Å²) in [6, 6.07) is 16.6. The highest BCUT2D eigenvalue weighted by Crippen LogP contribution is 2.24. The zero-order valence-corrected chi connectivity index (χ0v) is 12.6. The fraction of sp³-hybridized carbons (Fsp3) is 0.333. The molecule has 0 bridgehead atoms. The van der Waals surface area contributed by atoms with Crippen molar-refractivity contribution < 1.29 is 9.50 Å². The van der Waals surface area contributed by atoms with Gasteiger partial charge in [0.2, 0.25) is 0 Å². The third kappa shape index (κ3) is 4.13. The molecule has 0 aromatic heterocycles. The van der Waals surface area contributed by atoms with Crippen LogP contribution < -0.4 is 0 Å². The first-order chi connectivity index (χ1) is 10.0. The van der Waals surface area contributed by atoms with Gasteiger partial charge in [-0.2, -0.15) is 0 Å². The van der Waals surface area contributed by atoms with Gasteiger partial charge in [-0.15, -0.1) is 0 Å². The van der Waals surface area contributed by atoms with E-state index >= 15 is 0 Å². The molecule has 21 heavy (non-hydrogen) atoms. The van der Waals surface area contributed by atoms with E-state index in [1.54, 1.807) is 12.1 Å². The number of hydrogen-bond donors (Lipinski definition) is 1. The van der Waals surface area contributed by atoms with Crippen molar-refractivity contribution in [1.29, 1.82) is 0 Å². The van der Waals surface area contributed by atoms with Crippen LogP contribution in [-0.4, -0.2) is 30.2 Å². The molecule has 2 rings (SSSR count). The predicted octanol–water partition coefficient (Wildman–Crippen LogP) is 3.21. The van der Waals surface area contributed by atoms with Crippen LogP contribution in [0.15, 0.2) is 54.6 Å². The summed E-state index contributed by atoms with van der Waals surface area (Å²) in [7, 11) is 2.01. The van der Waals surface area contributed by atoms with Gasteiger partial charge in [-0.3, -0.25) is 0 Å². The van der Waals surface area contributed by atoms with E-state index in [1.165, 1.54) is 12.1 Å². The molecular formula is C18H22FNO. The molecule has 0 radical (unpaired) electrons. The number of benzene rings is 2. The van der Waals surface area contributed by atoms with Gasteiger partial charge in [0.05, 0.1) is 6.61 Å². The van der Waals surface area contributed by atoms with E-state index < -0.39 is 0 Å². The Hall–Kier alpha value is -1.71. The number of hydrogen-bond acceptors (Lipinski definition) is 2. The summed E-state index contributed by atoms with van der Waals surface area (Å²) >= 11 is 0. The summed E-state index contributed by atoms with van der Waals surface area (Å²) in [5.74, 6) is -0.217. The van der Waals surface area contributed by atoms with Crippen LogP contribution in [0.25, 0.3) is 0 Å². The van der Waals surface area contributed by atoms with Gasteiger partial charge in [0.25, 0.3) is 0 Å². The van der Waals surface area contributed by atoms with Gasteiger partial charge in [-0.25, -0.2) is 4.39 Å². The standard InChI is InChI=1S/C18H22FNO/c1-18(14-21,16-6-4-3-5-7-16)13-20(2)12-15-8-10-17(19)11-9-15/h3-11,21H,12-14H2,1-2H3. The molecular weight excluding hydrogens is 265 g/mol. The number of halogens is 1. The van der Waals surface area contributed by atoms with Gasteiger partial charge in [0.15, 0.2) is 0 Å². The maximum Gasteiger partial charge on any atom is 0.123 e. The molecule has 2 nitrogen and oxygen atoms in total. The second kappa shape index (κ2) is 6.83. The lowest BCUT2D eigenvalue weighted by Crippen LogP contribution is -2.39. The Labute approximate surface area is 125 Å². The highest BCUT2D eigenvalue weighted by atomic mass is 19.1. The van der Waals surface area contributed by atoms with E-state index in [-0.39, 0.29) is 17.8 Å². The normalized spacial score (nSPS) is 14.1. The quantitative estimate of drug-likeness (QED) is 0.882. The highest BCUT2D eigenvalue weighted by molar-refractivity contribution is 5.25. The Balaban J connectivity index is 2.06. The van der Waals surface area contributed by atoms with Gasteiger partial charge in [-0.1, -0.05) is 49.4 Å². The number of likely N-dealkylation sites (N-methyl/N-ethyl adjacent to an activating group) is 1. The molecule has 0 amide bonds. The molecule has 2 aromatic rings. The van der Waals surface area contributed by atoms with Gasteiger partial charge < -0.3 is 10.0 Å². The molecule has 3 heteroatoms. The molecule has 1 atom stereocenters. The monoisotopic (exact) mass is 287 g/mol. The minimum absolute atomic E-state index is 0.0881. The van der Waals surface area contributed by atoms with E-state index in [0.29, 0.717) is 0 Å². The third-order valence-corrected chi connectivity index (χ3v) is 3.80. The summed E-state index contributed by atoms with van der Waals surface area (Å²) in [4.78, 5) is 2.15. The Morgan fingerprint density at radius 2 is 1.67 bits per heavy atom. The van der Waals surface area contributed by atoms with Crippen LogP contribution in [0, 0.1) is 5.82 Å². The average molecular weight is 287 g/mol. The largest absolute Gasteiger partial charge is 0.395 e. The van der Waals surface area contributed by atoms with Crippen molar-refractivity contribution in [2.75, 3.05) is 20.2 Å². The van der Waals surface area contributed by atoms with Crippen molar-refractivity contribution in [3.63, 3.8) is 0 Å². The van der Waals surface area contributed by atoms with Crippen LogP contribution in [0.2, 0.25) is 0 Å². The first-order valence-corrected chi connectivity index (χ1v) is 7.13. The van der Waals surface area contributed by atoms with E-state index in [0.717, 1.165) is 24.2 Å². The zero-order valence-electron chi connectivity index (χ0n) is 12.6. The van der Waals surface area contributed by atoms with Crippen molar-refractivity contribution >= 4 is 0 Å².